The SMILES string of the molecule is CC12CCC(C(=Cc3ccc(CC(=O)O)cc3)C1=O)C2(C)C. The zero-order valence-electron chi connectivity index (χ0n) is 13.3. The van der Waals surface area contributed by atoms with E-state index < -0.39 is 5.97 Å². The van der Waals surface area contributed by atoms with E-state index in [2.05, 4.69) is 20.8 Å². The monoisotopic (exact) mass is 298 g/mol. The van der Waals surface area contributed by atoms with Crippen LogP contribution >= 0.6 is 0 Å². The van der Waals surface area contributed by atoms with Gasteiger partial charge in [0.15, 0.2) is 5.78 Å². The lowest BCUT2D eigenvalue weighted by molar-refractivity contribution is -0.136. The number of aliphatic carboxylic acids is 1. The largest absolute Gasteiger partial charge is 0.481 e. The number of rotatable bonds is 3. The molecule has 0 aromatic heterocycles. The quantitative estimate of drug-likeness (QED) is 0.865. The highest BCUT2D eigenvalue weighted by Gasteiger charge is 2.63. The maximum absolute atomic E-state index is 12.8. The number of carboxylic acid groups (broad SMARTS) is 1. The van der Waals surface area contributed by atoms with E-state index in [0.717, 1.165) is 29.5 Å². The Morgan fingerprint density at radius 2 is 1.91 bits per heavy atom. The van der Waals surface area contributed by atoms with Gasteiger partial charge >= 0.3 is 5.97 Å². The number of ketones is 1. The first-order chi connectivity index (χ1) is 10.3. The molecule has 2 atom stereocenters. The molecule has 0 heterocycles. The molecule has 2 aliphatic carbocycles. The van der Waals surface area contributed by atoms with Gasteiger partial charge in [-0.25, -0.2) is 0 Å². The van der Waals surface area contributed by atoms with Gasteiger partial charge in [0.2, 0.25) is 0 Å². The summed E-state index contributed by atoms with van der Waals surface area (Å²) in [4.78, 5) is 23.5. The van der Waals surface area contributed by atoms with Crippen LogP contribution in [0.2, 0.25) is 0 Å². The third kappa shape index (κ3) is 2.03. The van der Waals surface area contributed by atoms with Gasteiger partial charge in [-0.15, -0.1) is 0 Å². The van der Waals surface area contributed by atoms with Crippen LogP contribution in [0.15, 0.2) is 29.8 Å². The summed E-state index contributed by atoms with van der Waals surface area (Å²) in [6, 6.07) is 7.45. The van der Waals surface area contributed by atoms with Crippen molar-refractivity contribution in [1.29, 1.82) is 0 Å². The van der Waals surface area contributed by atoms with Gasteiger partial charge in [0, 0.05) is 5.41 Å². The number of hydrogen-bond donors (Lipinski definition) is 1. The predicted octanol–water partition coefficient (Wildman–Crippen LogP) is 3.72. The van der Waals surface area contributed by atoms with Gasteiger partial charge in [-0.3, -0.25) is 9.59 Å². The molecule has 3 heteroatoms. The summed E-state index contributed by atoms with van der Waals surface area (Å²) >= 11 is 0. The highest BCUT2D eigenvalue weighted by atomic mass is 16.4. The Bertz CT molecular complexity index is 666. The van der Waals surface area contributed by atoms with Crippen molar-refractivity contribution in [1.82, 2.24) is 0 Å². The molecule has 1 aromatic rings. The summed E-state index contributed by atoms with van der Waals surface area (Å²) in [5, 5.41) is 8.80. The van der Waals surface area contributed by atoms with Crippen molar-refractivity contribution in [2.45, 2.75) is 40.0 Å². The molecule has 3 rings (SSSR count). The molecule has 1 N–H and O–H groups in total. The lowest BCUT2D eigenvalue weighted by Gasteiger charge is -2.31. The van der Waals surface area contributed by atoms with Crippen LogP contribution < -0.4 is 0 Å². The van der Waals surface area contributed by atoms with Crippen LogP contribution in [-0.2, 0) is 16.0 Å². The third-order valence-electron chi connectivity index (χ3n) is 6.02. The molecule has 0 radical (unpaired) electrons. The lowest BCUT2D eigenvalue weighted by Crippen LogP contribution is -2.32. The highest BCUT2D eigenvalue weighted by molar-refractivity contribution is 6.07. The number of fused-ring (bicyclic) bond motifs is 2. The van der Waals surface area contributed by atoms with E-state index in [4.69, 9.17) is 5.11 Å². The topological polar surface area (TPSA) is 54.4 Å². The molecule has 0 spiro atoms. The van der Waals surface area contributed by atoms with Crippen LogP contribution in [0.25, 0.3) is 6.08 Å². The fraction of sp³-hybridized carbons (Fsp3) is 0.474. The molecule has 22 heavy (non-hydrogen) atoms. The highest BCUT2D eigenvalue weighted by Crippen LogP contribution is 2.65. The van der Waals surface area contributed by atoms with E-state index in [0.29, 0.717) is 11.7 Å². The molecule has 0 aliphatic heterocycles. The number of Topliss-reactive ketones (excluding diaryl/α,β-unsaturated/α-hetero) is 1. The van der Waals surface area contributed by atoms with Crippen LogP contribution in [0.3, 0.4) is 0 Å². The van der Waals surface area contributed by atoms with Crippen LogP contribution in [0.4, 0.5) is 0 Å². The fourth-order valence-electron chi connectivity index (χ4n) is 4.18. The van der Waals surface area contributed by atoms with Crippen molar-refractivity contribution in [3.8, 4) is 0 Å². The summed E-state index contributed by atoms with van der Waals surface area (Å²) in [7, 11) is 0. The van der Waals surface area contributed by atoms with E-state index in [9.17, 15) is 9.59 Å². The van der Waals surface area contributed by atoms with Gasteiger partial charge in [-0.2, -0.15) is 0 Å². The van der Waals surface area contributed by atoms with E-state index in [1.807, 2.05) is 30.3 Å². The Morgan fingerprint density at radius 1 is 1.27 bits per heavy atom. The maximum Gasteiger partial charge on any atom is 0.307 e. The second kappa shape index (κ2) is 4.80. The number of hydrogen-bond acceptors (Lipinski definition) is 2. The molecule has 1 aromatic carbocycles. The number of carboxylic acids is 1. The van der Waals surface area contributed by atoms with Gasteiger partial charge in [0.25, 0.3) is 0 Å². The van der Waals surface area contributed by atoms with Crippen molar-refractivity contribution in [3.05, 3.63) is 41.0 Å². The third-order valence-corrected chi connectivity index (χ3v) is 6.02. The molecular weight excluding hydrogens is 276 g/mol. The molecule has 116 valence electrons. The number of carbonyl (C=O) groups excluding carboxylic acids is 1. The van der Waals surface area contributed by atoms with Gasteiger partial charge in [0.1, 0.15) is 0 Å². The number of allylic oxidation sites excluding steroid dienone is 1. The first kappa shape index (κ1) is 15.0. The molecule has 0 saturated heterocycles. The fourth-order valence-corrected chi connectivity index (χ4v) is 4.18. The minimum Gasteiger partial charge on any atom is -0.481 e. The maximum atomic E-state index is 12.8. The molecule has 2 aliphatic rings. The van der Waals surface area contributed by atoms with Gasteiger partial charge < -0.3 is 5.11 Å². The van der Waals surface area contributed by atoms with E-state index in [1.54, 1.807) is 0 Å². The molecule has 0 amide bonds. The smallest absolute Gasteiger partial charge is 0.307 e. The Hall–Kier alpha value is -1.90. The molecule has 2 fully saturated rings. The Kier molecular flexibility index (Phi) is 3.28. The first-order valence-electron chi connectivity index (χ1n) is 7.83. The van der Waals surface area contributed by atoms with Crippen molar-refractivity contribution in [2.24, 2.45) is 16.7 Å². The van der Waals surface area contributed by atoms with Crippen LogP contribution in [0.1, 0.15) is 44.7 Å². The predicted molar refractivity (Wildman–Crippen MR) is 85.4 cm³/mol. The summed E-state index contributed by atoms with van der Waals surface area (Å²) in [5.74, 6) is -0.198. The minimum absolute atomic E-state index is 0.0269. The van der Waals surface area contributed by atoms with Crippen LogP contribution in [-0.4, -0.2) is 16.9 Å². The molecule has 2 saturated carbocycles. The first-order valence-corrected chi connectivity index (χ1v) is 7.83. The van der Waals surface area contributed by atoms with Crippen LogP contribution in [0, 0.1) is 16.7 Å². The van der Waals surface area contributed by atoms with Gasteiger partial charge in [0.05, 0.1) is 6.42 Å². The molecule has 2 bridgehead atoms. The summed E-state index contributed by atoms with van der Waals surface area (Å²) in [6.45, 7) is 6.52. The van der Waals surface area contributed by atoms with Gasteiger partial charge in [-0.1, -0.05) is 45.0 Å². The lowest BCUT2D eigenvalue weighted by atomic mass is 9.70. The van der Waals surface area contributed by atoms with Gasteiger partial charge in [-0.05, 0) is 47.0 Å². The number of carbonyl (C=O) groups is 2. The second-order valence-corrected chi connectivity index (χ2v) is 7.39. The van der Waals surface area contributed by atoms with E-state index in [-0.39, 0.29) is 17.3 Å². The molecular formula is C19H22O3. The zero-order valence-corrected chi connectivity index (χ0v) is 13.3. The van der Waals surface area contributed by atoms with Crippen molar-refractivity contribution < 1.29 is 14.7 Å². The Balaban J connectivity index is 1.90. The molecule has 2 unspecified atom stereocenters. The Morgan fingerprint density at radius 3 is 2.41 bits per heavy atom. The average molecular weight is 298 g/mol. The van der Waals surface area contributed by atoms with Crippen LogP contribution in [0.5, 0.6) is 0 Å². The number of benzene rings is 1. The van der Waals surface area contributed by atoms with Crippen molar-refractivity contribution >= 4 is 17.8 Å². The summed E-state index contributed by atoms with van der Waals surface area (Å²) in [5.41, 5.74) is 2.50. The van der Waals surface area contributed by atoms with Crippen molar-refractivity contribution in [2.75, 3.05) is 0 Å². The van der Waals surface area contributed by atoms with E-state index >= 15 is 0 Å². The standard InChI is InChI=1S/C19H22O3/c1-18(2)15-8-9-19(18,3)17(22)14(15)10-12-4-6-13(7-5-12)11-16(20)21/h4-7,10,15H,8-9,11H2,1-3H3,(H,20,21). The molecule has 3 nitrogen and oxygen atoms in total. The van der Waals surface area contributed by atoms with Crippen molar-refractivity contribution in [3.63, 3.8) is 0 Å². The second-order valence-electron chi connectivity index (χ2n) is 7.39. The average Bonchev–Trinajstić information content (AvgIpc) is 2.75. The normalized spacial score (nSPS) is 31.0. The van der Waals surface area contributed by atoms with E-state index in [1.165, 1.54) is 0 Å². The zero-order chi connectivity index (χ0) is 16.1. The Labute approximate surface area is 131 Å². The summed E-state index contributed by atoms with van der Waals surface area (Å²) in [6.07, 6.45) is 4.10. The minimum atomic E-state index is -0.830. The summed E-state index contributed by atoms with van der Waals surface area (Å²) < 4.78 is 0.